The molecule has 1 fully saturated rings. The Bertz CT molecular complexity index is 530. The van der Waals surface area contributed by atoms with Crippen molar-refractivity contribution in [2.24, 2.45) is 0 Å². The summed E-state index contributed by atoms with van der Waals surface area (Å²) in [6, 6.07) is 7.73. The van der Waals surface area contributed by atoms with E-state index in [-0.39, 0.29) is 23.9 Å². The lowest BCUT2D eigenvalue weighted by Gasteiger charge is -2.23. The summed E-state index contributed by atoms with van der Waals surface area (Å²) in [5.74, 6) is 2.05. The first-order valence-corrected chi connectivity index (χ1v) is 8.68. The van der Waals surface area contributed by atoms with Gasteiger partial charge in [-0.25, -0.2) is 0 Å². The number of hydrogen-bond acceptors (Lipinski definition) is 4. The predicted octanol–water partition coefficient (Wildman–Crippen LogP) is 1.92. The van der Waals surface area contributed by atoms with Crippen LogP contribution in [-0.2, 0) is 9.59 Å². The molecule has 1 heterocycles. The number of carbonyl (C=O) groups excluding carboxylic acids is 2. The van der Waals surface area contributed by atoms with E-state index in [2.05, 4.69) is 16.0 Å². The molecular formula is C16H23N3O2S. The van der Waals surface area contributed by atoms with Crippen LogP contribution >= 0.6 is 11.8 Å². The molecule has 0 bridgehead atoms. The number of amides is 2. The van der Waals surface area contributed by atoms with Gasteiger partial charge in [-0.3, -0.25) is 9.59 Å². The van der Waals surface area contributed by atoms with E-state index < -0.39 is 0 Å². The highest BCUT2D eigenvalue weighted by molar-refractivity contribution is 7.99. The highest BCUT2D eigenvalue weighted by atomic mass is 32.2. The minimum atomic E-state index is -0.102. The second-order valence-corrected chi connectivity index (χ2v) is 6.68. The molecule has 1 saturated heterocycles. The number of carbonyl (C=O) groups is 2. The molecule has 2 amide bonds. The van der Waals surface area contributed by atoms with Crippen molar-refractivity contribution in [3.8, 4) is 0 Å². The summed E-state index contributed by atoms with van der Waals surface area (Å²) >= 11 is 1.89. The topological polar surface area (TPSA) is 70.2 Å². The lowest BCUT2D eigenvalue weighted by atomic mass is 10.1. The van der Waals surface area contributed by atoms with Gasteiger partial charge in [0, 0.05) is 43.1 Å². The molecule has 0 aliphatic carbocycles. The molecule has 120 valence electrons. The fourth-order valence-electron chi connectivity index (χ4n) is 2.45. The molecule has 2 unspecified atom stereocenters. The molecule has 0 aromatic heterocycles. The first kappa shape index (κ1) is 16.8. The van der Waals surface area contributed by atoms with Gasteiger partial charge in [-0.05, 0) is 24.6 Å². The molecular weight excluding hydrogens is 298 g/mol. The lowest BCUT2D eigenvalue weighted by Crippen LogP contribution is -2.41. The minimum Gasteiger partial charge on any atom is -0.350 e. The Morgan fingerprint density at radius 3 is 2.95 bits per heavy atom. The molecule has 5 nitrogen and oxygen atoms in total. The molecule has 0 saturated carbocycles. The van der Waals surface area contributed by atoms with Crippen LogP contribution in [0, 0.1) is 0 Å². The van der Waals surface area contributed by atoms with Crippen LogP contribution in [0.4, 0.5) is 5.69 Å². The fourth-order valence-corrected chi connectivity index (χ4v) is 3.40. The standard InChI is InChI=1S/C16H23N3O2S/c1-11(13-4-3-5-14(8-13)19-12(2)20)18-16(21)9-15-10-22-7-6-17-15/h3-5,8,11,15,17H,6-7,9-10H2,1-2H3,(H,18,21)(H,19,20). The van der Waals surface area contributed by atoms with Gasteiger partial charge in [-0.15, -0.1) is 0 Å². The third kappa shape index (κ3) is 5.35. The van der Waals surface area contributed by atoms with E-state index >= 15 is 0 Å². The minimum absolute atomic E-state index is 0.0532. The number of nitrogens with one attached hydrogen (secondary N) is 3. The first-order valence-electron chi connectivity index (χ1n) is 7.52. The predicted molar refractivity (Wildman–Crippen MR) is 91.0 cm³/mol. The molecule has 1 aromatic carbocycles. The van der Waals surface area contributed by atoms with Crippen LogP contribution in [0.15, 0.2) is 24.3 Å². The Kier molecular flexibility index (Phi) is 6.27. The second-order valence-electron chi connectivity index (χ2n) is 5.53. The van der Waals surface area contributed by atoms with Crippen molar-refractivity contribution in [2.75, 3.05) is 23.4 Å². The third-order valence-electron chi connectivity index (χ3n) is 3.51. The van der Waals surface area contributed by atoms with Crippen LogP contribution in [0.3, 0.4) is 0 Å². The molecule has 6 heteroatoms. The Hall–Kier alpha value is -1.53. The van der Waals surface area contributed by atoms with Gasteiger partial charge >= 0.3 is 0 Å². The molecule has 1 aliphatic rings. The third-order valence-corrected chi connectivity index (χ3v) is 4.65. The molecule has 0 spiro atoms. The Morgan fingerprint density at radius 1 is 1.45 bits per heavy atom. The Morgan fingerprint density at radius 2 is 2.27 bits per heavy atom. The molecule has 1 aromatic rings. The molecule has 1 aliphatic heterocycles. The average Bonchev–Trinajstić information content (AvgIpc) is 2.47. The fraction of sp³-hybridized carbons (Fsp3) is 0.500. The van der Waals surface area contributed by atoms with Crippen molar-refractivity contribution in [1.82, 2.24) is 10.6 Å². The summed E-state index contributed by atoms with van der Waals surface area (Å²) in [5, 5.41) is 9.14. The summed E-state index contributed by atoms with van der Waals surface area (Å²) in [5.41, 5.74) is 1.72. The summed E-state index contributed by atoms with van der Waals surface area (Å²) in [6.45, 7) is 4.40. The molecule has 2 rings (SSSR count). The van der Waals surface area contributed by atoms with Gasteiger partial charge in [0.2, 0.25) is 11.8 Å². The molecule has 0 radical (unpaired) electrons. The van der Waals surface area contributed by atoms with Crippen molar-refractivity contribution in [2.45, 2.75) is 32.4 Å². The number of thioether (sulfide) groups is 1. The Balaban J connectivity index is 1.89. The summed E-state index contributed by atoms with van der Waals surface area (Å²) in [7, 11) is 0. The van der Waals surface area contributed by atoms with Crippen LogP contribution in [0.1, 0.15) is 31.9 Å². The van der Waals surface area contributed by atoms with Gasteiger partial charge in [-0.2, -0.15) is 11.8 Å². The number of rotatable bonds is 5. The van der Waals surface area contributed by atoms with Gasteiger partial charge in [-0.1, -0.05) is 12.1 Å². The van der Waals surface area contributed by atoms with Gasteiger partial charge < -0.3 is 16.0 Å². The van der Waals surface area contributed by atoms with Gasteiger partial charge in [0.25, 0.3) is 0 Å². The van der Waals surface area contributed by atoms with E-state index in [1.165, 1.54) is 6.92 Å². The van der Waals surface area contributed by atoms with Crippen molar-refractivity contribution in [3.63, 3.8) is 0 Å². The quantitative estimate of drug-likeness (QED) is 0.775. The molecule has 3 N–H and O–H groups in total. The Labute approximate surface area is 135 Å². The average molecular weight is 321 g/mol. The SMILES string of the molecule is CC(=O)Nc1cccc(C(C)NC(=O)CC2CSCCN2)c1. The first-order chi connectivity index (χ1) is 10.5. The van der Waals surface area contributed by atoms with Crippen molar-refractivity contribution < 1.29 is 9.59 Å². The highest BCUT2D eigenvalue weighted by Gasteiger charge is 2.18. The van der Waals surface area contributed by atoms with E-state index in [0.29, 0.717) is 6.42 Å². The van der Waals surface area contributed by atoms with Crippen LogP contribution < -0.4 is 16.0 Å². The van der Waals surface area contributed by atoms with E-state index in [1.807, 2.05) is 43.0 Å². The zero-order valence-corrected chi connectivity index (χ0v) is 13.8. The lowest BCUT2D eigenvalue weighted by molar-refractivity contribution is -0.122. The summed E-state index contributed by atoms with van der Waals surface area (Å²) < 4.78 is 0. The normalized spacial score (nSPS) is 19.3. The highest BCUT2D eigenvalue weighted by Crippen LogP contribution is 2.18. The van der Waals surface area contributed by atoms with Crippen molar-refractivity contribution >= 4 is 29.3 Å². The monoisotopic (exact) mass is 321 g/mol. The second kappa shape index (κ2) is 8.19. The molecule has 22 heavy (non-hydrogen) atoms. The number of hydrogen-bond donors (Lipinski definition) is 3. The smallest absolute Gasteiger partial charge is 0.222 e. The van der Waals surface area contributed by atoms with Crippen molar-refractivity contribution in [3.05, 3.63) is 29.8 Å². The molecule has 2 atom stereocenters. The number of benzene rings is 1. The summed E-state index contributed by atoms with van der Waals surface area (Å²) in [4.78, 5) is 23.2. The maximum Gasteiger partial charge on any atom is 0.222 e. The van der Waals surface area contributed by atoms with Crippen LogP contribution in [0.2, 0.25) is 0 Å². The van der Waals surface area contributed by atoms with E-state index in [4.69, 9.17) is 0 Å². The summed E-state index contributed by atoms with van der Waals surface area (Å²) in [6.07, 6.45) is 0.503. The van der Waals surface area contributed by atoms with E-state index in [0.717, 1.165) is 29.3 Å². The van der Waals surface area contributed by atoms with Gasteiger partial charge in [0.15, 0.2) is 0 Å². The maximum absolute atomic E-state index is 12.1. The maximum atomic E-state index is 12.1. The van der Waals surface area contributed by atoms with Crippen molar-refractivity contribution in [1.29, 1.82) is 0 Å². The van der Waals surface area contributed by atoms with Crippen LogP contribution in [0.25, 0.3) is 0 Å². The van der Waals surface area contributed by atoms with Gasteiger partial charge in [0.05, 0.1) is 6.04 Å². The number of anilines is 1. The van der Waals surface area contributed by atoms with Crippen LogP contribution in [-0.4, -0.2) is 35.9 Å². The van der Waals surface area contributed by atoms with Gasteiger partial charge in [0.1, 0.15) is 0 Å². The van der Waals surface area contributed by atoms with E-state index in [1.54, 1.807) is 0 Å². The zero-order chi connectivity index (χ0) is 15.9. The zero-order valence-electron chi connectivity index (χ0n) is 13.0. The van der Waals surface area contributed by atoms with E-state index in [9.17, 15) is 9.59 Å². The van der Waals surface area contributed by atoms with Crippen LogP contribution in [0.5, 0.6) is 0 Å². The largest absolute Gasteiger partial charge is 0.350 e.